The van der Waals surface area contributed by atoms with Crippen LogP contribution in [-0.2, 0) is 14.4 Å². The van der Waals surface area contributed by atoms with E-state index < -0.39 is 23.5 Å². The highest BCUT2D eigenvalue weighted by atomic mass is 16.4. The lowest BCUT2D eigenvalue weighted by Gasteiger charge is -2.38. The van der Waals surface area contributed by atoms with E-state index in [9.17, 15) is 19.5 Å². The molecule has 0 aromatic carbocycles. The summed E-state index contributed by atoms with van der Waals surface area (Å²) in [6, 6.07) is -1.95. The van der Waals surface area contributed by atoms with E-state index in [2.05, 4.69) is 5.32 Å². The van der Waals surface area contributed by atoms with Crippen LogP contribution < -0.4 is 5.32 Å². The summed E-state index contributed by atoms with van der Waals surface area (Å²) < 4.78 is 0. The fourth-order valence-electron chi connectivity index (χ4n) is 3.53. The largest absolute Gasteiger partial charge is 0.480 e. The van der Waals surface area contributed by atoms with Crippen molar-refractivity contribution in [1.29, 1.82) is 0 Å². The second kappa shape index (κ2) is 8.84. The molecule has 0 aliphatic carbocycles. The van der Waals surface area contributed by atoms with Crippen molar-refractivity contribution in [2.75, 3.05) is 20.6 Å². The van der Waals surface area contributed by atoms with Gasteiger partial charge in [-0.15, -0.1) is 0 Å². The Labute approximate surface area is 157 Å². The van der Waals surface area contributed by atoms with Gasteiger partial charge in [-0.25, -0.2) is 4.79 Å². The predicted molar refractivity (Wildman–Crippen MR) is 101 cm³/mol. The molecule has 0 aromatic rings. The molecule has 150 valence electrons. The number of carbonyl (C=O) groups is 3. The zero-order valence-corrected chi connectivity index (χ0v) is 17.2. The van der Waals surface area contributed by atoms with Crippen molar-refractivity contribution in [3.63, 3.8) is 0 Å². The number of carboxylic acid groups (broad SMARTS) is 1. The lowest BCUT2D eigenvalue weighted by atomic mass is 9.84. The summed E-state index contributed by atoms with van der Waals surface area (Å²) in [5.41, 5.74) is -0.533. The van der Waals surface area contributed by atoms with Crippen LogP contribution in [0.1, 0.15) is 53.9 Å². The van der Waals surface area contributed by atoms with Gasteiger partial charge in [-0.2, -0.15) is 0 Å². The summed E-state index contributed by atoms with van der Waals surface area (Å²) in [7, 11) is 3.42. The highest BCUT2D eigenvalue weighted by Gasteiger charge is 2.40. The lowest BCUT2D eigenvalue weighted by molar-refractivity contribution is -0.153. The Morgan fingerprint density at radius 1 is 1.19 bits per heavy atom. The van der Waals surface area contributed by atoms with Crippen molar-refractivity contribution < 1.29 is 19.5 Å². The van der Waals surface area contributed by atoms with Crippen LogP contribution in [0, 0.1) is 11.3 Å². The molecular formula is C19H35N3O4. The Morgan fingerprint density at radius 3 is 2.19 bits per heavy atom. The van der Waals surface area contributed by atoms with Crippen molar-refractivity contribution in [3.05, 3.63) is 0 Å². The van der Waals surface area contributed by atoms with Crippen molar-refractivity contribution in [2.45, 2.75) is 72.0 Å². The van der Waals surface area contributed by atoms with Crippen molar-refractivity contribution in [2.24, 2.45) is 11.3 Å². The maximum atomic E-state index is 13.1. The van der Waals surface area contributed by atoms with E-state index in [0.29, 0.717) is 0 Å². The molecule has 26 heavy (non-hydrogen) atoms. The number of rotatable bonds is 6. The third-order valence-electron chi connectivity index (χ3n) is 5.12. The number of piperidine rings is 1. The molecule has 7 nitrogen and oxygen atoms in total. The number of aliphatic carboxylic acids is 1. The topological polar surface area (TPSA) is 90.0 Å². The molecule has 0 spiro atoms. The minimum Gasteiger partial charge on any atom is -0.480 e. The molecule has 0 aromatic heterocycles. The molecule has 1 fully saturated rings. The van der Waals surface area contributed by atoms with E-state index in [4.69, 9.17) is 0 Å². The van der Waals surface area contributed by atoms with E-state index in [1.54, 1.807) is 13.8 Å². The Morgan fingerprint density at radius 2 is 1.77 bits per heavy atom. The standard InChI is InChI=1S/C19H35N3O4/c1-12(2)14(18(25)26)22(7)17(24)15(19(3,4)5)20-16(23)13-10-8-9-11-21(13)6/h12-15H,8-11H2,1-7H3,(H,20,23)(H,25,26). The van der Waals surface area contributed by atoms with Crippen LogP contribution >= 0.6 is 0 Å². The van der Waals surface area contributed by atoms with Crippen LogP contribution in [0.4, 0.5) is 0 Å². The van der Waals surface area contributed by atoms with Crippen LogP contribution in [-0.4, -0.2) is 71.5 Å². The molecule has 0 bridgehead atoms. The number of hydrogen-bond acceptors (Lipinski definition) is 4. The molecule has 1 aliphatic rings. The van der Waals surface area contributed by atoms with Gasteiger partial charge in [0.15, 0.2) is 0 Å². The Bertz CT molecular complexity index is 527. The van der Waals surface area contributed by atoms with Crippen LogP contribution in [0.25, 0.3) is 0 Å². The Hall–Kier alpha value is -1.63. The van der Waals surface area contributed by atoms with Gasteiger partial charge in [0.25, 0.3) is 0 Å². The van der Waals surface area contributed by atoms with E-state index in [-0.39, 0.29) is 23.8 Å². The molecule has 3 unspecified atom stereocenters. The molecule has 2 N–H and O–H groups in total. The van der Waals surface area contributed by atoms with Gasteiger partial charge >= 0.3 is 5.97 Å². The maximum absolute atomic E-state index is 13.1. The molecule has 1 heterocycles. The van der Waals surface area contributed by atoms with E-state index in [1.165, 1.54) is 11.9 Å². The van der Waals surface area contributed by atoms with Crippen molar-refractivity contribution >= 4 is 17.8 Å². The van der Waals surface area contributed by atoms with Crippen molar-refractivity contribution in [3.8, 4) is 0 Å². The van der Waals surface area contributed by atoms with Gasteiger partial charge in [0, 0.05) is 7.05 Å². The van der Waals surface area contributed by atoms with Crippen LogP contribution in [0.15, 0.2) is 0 Å². The molecule has 1 saturated heterocycles. The SMILES string of the molecule is CC(C)C(C(=O)O)N(C)C(=O)C(NC(=O)C1CCCCN1C)C(C)(C)C. The molecule has 0 radical (unpaired) electrons. The number of carboxylic acids is 1. The van der Waals surface area contributed by atoms with Crippen LogP contribution in [0.3, 0.4) is 0 Å². The summed E-state index contributed by atoms with van der Waals surface area (Å²) in [5.74, 6) is -1.81. The Kier molecular flexibility index (Phi) is 7.62. The number of likely N-dealkylation sites (tertiary alicyclic amines) is 1. The summed E-state index contributed by atoms with van der Waals surface area (Å²) in [6.07, 6.45) is 2.83. The molecule has 1 aliphatic heterocycles. The second-order valence-electron chi connectivity index (χ2n) is 8.78. The van der Waals surface area contributed by atoms with E-state index in [1.807, 2.05) is 32.7 Å². The summed E-state index contributed by atoms with van der Waals surface area (Å²) >= 11 is 0. The zero-order chi connectivity index (χ0) is 20.2. The van der Waals surface area contributed by atoms with Gasteiger partial charge in [-0.3, -0.25) is 14.5 Å². The van der Waals surface area contributed by atoms with Gasteiger partial charge < -0.3 is 15.3 Å². The fraction of sp³-hybridized carbons (Fsp3) is 0.842. The summed E-state index contributed by atoms with van der Waals surface area (Å²) in [6.45, 7) is 10.0. The van der Waals surface area contributed by atoms with Crippen LogP contribution in [0.2, 0.25) is 0 Å². The maximum Gasteiger partial charge on any atom is 0.326 e. The summed E-state index contributed by atoms with van der Waals surface area (Å²) in [5, 5.41) is 12.4. The van der Waals surface area contributed by atoms with Gasteiger partial charge in [-0.05, 0) is 37.8 Å². The minimum atomic E-state index is -1.04. The smallest absolute Gasteiger partial charge is 0.326 e. The molecule has 7 heteroatoms. The van der Waals surface area contributed by atoms with Crippen LogP contribution in [0.5, 0.6) is 0 Å². The zero-order valence-electron chi connectivity index (χ0n) is 17.2. The van der Waals surface area contributed by atoms with Crippen molar-refractivity contribution in [1.82, 2.24) is 15.1 Å². The average Bonchev–Trinajstić information content (AvgIpc) is 2.50. The number of carbonyl (C=O) groups excluding carboxylic acids is 2. The number of amides is 2. The van der Waals surface area contributed by atoms with Gasteiger partial charge in [-0.1, -0.05) is 41.0 Å². The summed E-state index contributed by atoms with van der Waals surface area (Å²) in [4.78, 5) is 40.7. The first-order valence-electron chi connectivity index (χ1n) is 9.38. The van der Waals surface area contributed by atoms with Gasteiger partial charge in [0.2, 0.25) is 11.8 Å². The normalized spacial score (nSPS) is 21.2. The average molecular weight is 370 g/mol. The monoisotopic (exact) mass is 369 g/mol. The number of nitrogens with one attached hydrogen (secondary N) is 1. The molecular weight excluding hydrogens is 334 g/mol. The Balaban J connectivity index is 3.00. The first-order valence-corrected chi connectivity index (χ1v) is 9.38. The quantitative estimate of drug-likeness (QED) is 0.742. The molecule has 0 saturated carbocycles. The van der Waals surface area contributed by atoms with Gasteiger partial charge in [0.05, 0.1) is 6.04 Å². The number of hydrogen-bond donors (Lipinski definition) is 2. The third kappa shape index (κ3) is 5.43. The minimum absolute atomic E-state index is 0.162. The number of likely N-dealkylation sites (N-methyl/N-ethyl adjacent to an activating group) is 2. The predicted octanol–water partition coefficient (Wildman–Crippen LogP) is 1.57. The second-order valence-corrected chi connectivity index (χ2v) is 8.78. The third-order valence-corrected chi connectivity index (χ3v) is 5.12. The highest BCUT2D eigenvalue weighted by Crippen LogP contribution is 2.24. The fourth-order valence-corrected chi connectivity index (χ4v) is 3.53. The molecule has 1 rings (SSSR count). The lowest BCUT2D eigenvalue weighted by Crippen LogP contribution is -2.60. The first-order chi connectivity index (χ1) is 11.9. The van der Waals surface area contributed by atoms with Gasteiger partial charge in [0.1, 0.15) is 12.1 Å². The van der Waals surface area contributed by atoms with E-state index >= 15 is 0 Å². The first kappa shape index (κ1) is 22.4. The molecule has 2 amide bonds. The highest BCUT2D eigenvalue weighted by molar-refractivity contribution is 5.92. The molecule has 3 atom stereocenters. The van der Waals surface area contributed by atoms with E-state index in [0.717, 1.165) is 25.8 Å². The number of nitrogens with zero attached hydrogens (tertiary/aromatic N) is 2.